The minimum atomic E-state index is 0.332. The molecular weight excluding hydrogens is 207 g/mol. The molecule has 70 valence electrons. The Kier molecular flexibility index (Phi) is 2.72. The zero-order valence-electron chi connectivity index (χ0n) is 7.06. The van der Waals surface area contributed by atoms with Crippen LogP contribution >= 0.6 is 23.2 Å². The summed E-state index contributed by atoms with van der Waals surface area (Å²) < 4.78 is 0. The summed E-state index contributed by atoms with van der Waals surface area (Å²) in [6.07, 6.45) is 3.87. The van der Waals surface area contributed by atoms with Gasteiger partial charge in [0.1, 0.15) is 5.15 Å². The average Bonchev–Trinajstić information content (AvgIpc) is 2.61. The van der Waals surface area contributed by atoms with Crippen LogP contribution in [0.1, 0.15) is 24.4 Å². The van der Waals surface area contributed by atoms with Crippen molar-refractivity contribution in [3.8, 4) is 0 Å². The van der Waals surface area contributed by atoms with Crippen molar-refractivity contribution < 1.29 is 0 Å². The monoisotopic (exact) mass is 216 g/mol. The maximum atomic E-state index is 5.97. The SMILES string of the molecule is Clc1cnc(Cl)c([C@H]2CCCN2)c1. The molecule has 1 aliphatic heterocycles. The molecule has 1 aromatic rings. The maximum absolute atomic E-state index is 5.97. The number of nitrogens with one attached hydrogen (secondary N) is 1. The molecule has 0 amide bonds. The van der Waals surface area contributed by atoms with Gasteiger partial charge in [-0.3, -0.25) is 0 Å². The van der Waals surface area contributed by atoms with Crippen LogP contribution in [0.15, 0.2) is 12.3 Å². The highest BCUT2D eigenvalue weighted by Crippen LogP contribution is 2.29. The Hall–Kier alpha value is -0.310. The lowest BCUT2D eigenvalue weighted by atomic mass is 10.1. The fourth-order valence-corrected chi connectivity index (χ4v) is 2.03. The molecule has 1 fully saturated rings. The summed E-state index contributed by atoms with van der Waals surface area (Å²) in [6.45, 7) is 1.05. The highest BCUT2D eigenvalue weighted by Gasteiger charge is 2.19. The first-order valence-electron chi connectivity index (χ1n) is 4.31. The van der Waals surface area contributed by atoms with Crippen LogP contribution in [-0.2, 0) is 0 Å². The molecule has 0 bridgehead atoms. The number of pyridine rings is 1. The van der Waals surface area contributed by atoms with Crippen molar-refractivity contribution in [1.29, 1.82) is 0 Å². The molecule has 1 aliphatic rings. The topological polar surface area (TPSA) is 24.9 Å². The Morgan fingerprint density at radius 3 is 3.00 bits per heavy atom. The van der Waals surface area contributed by atoms with Crippen LogP contribution in [0.25, 0.3) is 0 Å². The molecule has 13 heavy (non-hydrogen) atoms. The van der Waals surface area contributed by atoms with Crippen molar-refractivity contribution in [3.63, 3.8) is 0 Å². The van der Waals surface area contributed by atoms with Gasteiger partial charge in [-0.15, -0.1) is 0 Å². The summed E-state index contributed by atoms with van der Waals surface area (Å²) in [5, 5.41) is 4.56. The van der Waals surface area contributed by atoms with Crippen LogP contribution in [0.5, 0.6) is 0 Å². The van der Waals surface area contributed by atoms with Gasteiger partial charge >= 0.3 is 0 Å². The lowest BCUT2D eigenvalue weighted by molar-refractivity contribution is 0.645. The summed E-state index contributed by atoms with van der Waals surface area (Å²) in [4.78, 5) is 4.02. The first kappa shape index (κ1) is 9.25. The zero-order chi connectivity index (χ0) is 9.26. The summed E-state index contributed by atoms with van der Waals surface area (Å²) in [6, 6.07) is 2.22. The van der Waals surface area contributed by atoms with Crippen LogP contribution in [-0.4, -0.2) is 11.5 Å². The van der Waals surface area contributed by atoms with Gasteiger partial charge in [-0.2, -0.15) is 0 Å². The van der Waals surface area contributed by atoms with Gasteiger partial charge in [0.15, 0.2) is 0 Å². The van der Waals surface area contributed by atoms with Gasteiger partial charge in [-0.1, -0.05) is 23.2 Å². The molecule has 2 rings (SSSR count). The second kappa shape index (κ2) is 3.82. The van der Waals surface area contributed by atoms with Crippen molar-refractivity contribution in [2.75, 3.05) is 6.54 Å². The van der Waals surface area contributed by atoms with Crippen molar-refractivity contribution >= 4 is 23.2 Å². The van der Waals surface area contributed by atoms with E-state index in [0.29, 0.717) is 16.2 Å². The normalized spacial score (nSPS) is 22.2. The Morgan fingerprint density at radius 1 is 1.46 bits per heavy atom. The van der Waals surface area contributed by atoms with Crippen molar-refractivity contribution in [3.05, 3.63) is 28.0 Å². The molecule has 0 spiro atoms. The fraction of sp³-hybridized carbons (Fsp3) is 0.444. The molecule has 1 atom stereocenters. The van der Waals surface area contributed by atoms with E-state index in [-0.39, 0.29) is 0 Å². The van der Waals surface area contributed by atoms with Crippen molar-refractivity contribution in [2.24, 2.45) is 0 Å². The van der Waals surface area contributed by atoms with Crippen LogP contribution in [0.2, 0.25) is 10.2 Å². The van der Waals surface area contributed by atoms with Gasteiger partial charge in [-0.25, -0.2) is 4.98 Å². The predicted molar refractivity (Wildman–Crippen MR) is 54.2 cm³/mol. The van der Waals surface area contributed by atoms with E-state index in [1.807, 2.05) is 6.07 Å². The Bertz CT molecular complexity index is 308. The third-order valence-corrected chi connectivity index (χ3v) is 2.79. The second-order valence-electron chi connectivity index (χ2n) is 3.18. The largest absolute Gasteiger partial charge is 0.310 e. The van der Waals surface area contributed by atoms with Gasteiger partial charge < -0.3 is 5.32 Å². The van der Waals surface area contributed by atoms with Gasteiger partial charge in [0.05, 0.1) is 5.02 Å². The maximum Gasteiger partial charge on any atom is 0.133 e. The molecule has 0 radical (unpaired) electrons. The lowest BCUT2D eigenvalue weighted by Crippen LogP contribution is -2.13. The van der Waals surface area contributed by atoms with Crippen molar-refractivity contribution in [2.45, 2.75) is 18.9 Å². The van der Waals surface area contributed by atoms with E-state index in [0.717, 1.165) is 18.5 Å². The number of halogens is 2. The standard InChI is InChI=1S/C9H10Cl2N2/c10-6-4-7(9(11)13-5-6)8-2-1-3-12-8/h4-5,8,12H,1-3H2/t8-/m1/s1. The summed E-state index contributed by atoms with van der Waals surface area (Å²) >= 11 is 11.8. The van der Waals surface area contributed by atoms with Crippen LogP contribution < -0.4 is 5.32 Å². The molecule has 1 saturated heterocycles. The Morgan fingerprint density at radius 2 is 2.31 bits per heavy atom. The number of rotatable bonds is 1. The number of aromatic nitrogens is 1. The van der Waals surface area contributed by atoms with E-state index < -0.39 is 0 Å². The number of hydrogen-bond acceptors (Lipinski definition) is 2. The smallest absolute Gasteiger partial charge is 0.133 e. The first-order valence-corrected chi connectivity index (χ1v) is 5.07. The quantitative estimate of drug-likeness (QED) is 0.731. The number of nitrogens with zero attached hydrogens (tertiary/aromatic N) is 1. The van der Waals surface area contributed by atoms with Gasteiger partial charge in [0, 0.05) is 17.8 Å². The Balaban J connectivity index is 2.32. The van der Waals surface area contributed by atoms with Crippen LogP contribution in [0.4, 0.5) is 0 Å². The molecule has 2 heterocycles. The molecule has 0 saturated carbocycles. The molecular formula is C9H10Cl2N2. The summed E-state index contributed by atoms with van der Waals surface area (Å²) in [7, 11) is 0. The zero-order valence-corrected chi connectivity index (χ0v) is 8.57. The third-order valence-electron chi connectivity index (χ3n) is 2.27. The van der Waals surface area contributed by atoms with E-state index in [1.54, 1.807) is 6.20 Å². The molecule has 4 heteroatoms. The third kappa shape index (κ3) is 1.96. The molecule has 0 unspecified atom stereocenters. The van der Waals surface area contributed by atoms with Crippen LogP contribution in [0.3, 0.4) is 0 Å². The highest BCUT2D eigenvalue weighted by molar-refractivity contribution is 6.32. The fourth-order valence-electron chi connectivity index (χ4n) is 1.63. The van der Waals surface area contributed by atoms with E-state index in [4.69, 9.17) is 23.2 Å². The predicted octanol–water partition coefficient (Wildman–Crippen LogP) is 2.81. The first-order chi connectivity index (χ1) is 6.27. The molecule has 0 aromatic carbocycles. The van der Waals surface area contributed by atoms with Gasteiger partial charge in [0.2, 0.25) is 0 Å². The highest BCUT2D eigenvalue weighted by atomic mass is 35.5. The minimum absolute atomic E-state index is 0.332. The van der Waals surface area contributed by atoms with E-state index in [1.165, 1.54) is 6.42 Å². The molecule has 1 N–H and O–H groups in total. The molecule has 1 aromatic heterocycles. The number of hydrogen-bond donors (Lipinski definition) is 1. The summed E-state index contributed by atoms with van der Waals surface area (Å²) in [5.74, 6) is 0. The van der Waals surface area contributed by atoms with Gasteiger partial charge in [0.25, 0.3) is 0 Å². The van der Waals surface area contributed by atoms with Gasteiger partial charge in [-0.05, 0) is 25.5 Å². The molecule has 0 aliphatic carbocycles. The lowest BCUT2D eigenvalue weighted by Gasteiger charge is -2.11. The second-order valence-corrected chi connectivity index (χ2v) is 3.98. The minimum Gasteiger partial charge on any atom is -0.310 e. The summed E-state index contributed by atoms with van der Waals surface area (Å²) in [5.41, 5.74) is 1.02. The van der Waals surface area contributed by atoms with E-state index >= 15 is 0 Å². The van der Waals surface area contributed by atoms with Crippen molar-refractivity contribution in [1.82, 2.24) is 10.3 Å². The average molecular weight is 217 g/mol. The van der Waals surface area contributed by atoms with E-state index in [9.17, 15) is 0 Å². The Labute approximate surface area is 87.3 Å². The van der Waals surface area contributed by atoms with Crippen LogP contribution in [0, 0.1) is 0 Å². The van der Waals surface area contributed by atoms with E-state index in [2.05, 4.69) is 10.3 Å². The molecule has 2 nitrogen and oxygen atoms in total.